The second kappa shape index (κ2) is 9.00. The van der Waals surface area contributed by atoms with Crippen LogP contribution in [-0.2, 0) is 11.2 Å². The number of thiophene rings is 1. The molecule has 0 amide bonds. The van der Waals surface area contributed by atoms with Gasteiger partial charge >= 0.3 is 0 Å². The zero-order valence-electron chi connectivity index (χ0n) is 11.8. The molecule has 0 aromatic carbocycles. The van der Waals surface area contributed by atoms with Crippen molar-refractivity contribution in [3.63, 3.8) is 0 Å². The lowest BCUT2D eigenvalue weighted by Crippen LogP contribution is -2.33. The van der Waals surface area contributed by atoms with Crippen molar-refractivity contribution in [2.45, 2.75) is 50.7 Å². The first-order valence-electron chi connectivity index (χ1n) is 7.48. The van der Waals surface area contributed by atoms with Gasteiger partial charge < -0.3 is 15.2 Å². The van der Waals surface area contributed by atoms with Gasteiger partial charge in [-0.2, -0.15) is 0 Å². The van der Waals surface area contributed by atoms with Crippen molar-refractivity contribution in [3.8, 4) is 0 Å². The molecular weight excluding hydrogens is 294 g/mol. The maximum atomic E-state index is 9.88. The molecule has 114 valence electrons. The van der Waals surface area contributed by atoms with Gasteiger partial charge in [-0.3, -0.25) is 0 Å². The number of halogens is 1. The van der Waals surface area contributed by atoms with E-state index in [2.05, 4.69) is 11.4 Å². The van der Waals surface area contributed by atoms with Crippen molar-refractivity contribution in [2.24, 2.45) is 0 Å². The predicted octanol–water partition coefficient (Wildman–Crippen LogP) is 3.24. The fourth-order valence-corrected chi connectivity index (χ4v) is 3.59. The Balaban J connectivity index is 1.50. The van der Waals surface area contributed by atoms with Crippen molar-refractivity contribution in [3.05, 3.63) is 21.3 Å². The summed E-state index contributed by atoms with van der Waals surface area (Å²) in [5.41, 5.74) is 0. The quantitative estimate of drug-likeness (QED) is 0.723. The van der Waals surface area contributed by atoms with Crippen LogP contribution in [0, 0.1) is 0 Å². The van der Waals surface area contributed by atoms with E-state index in [9.17, 15) is 5.11 Å². The molecule has 0 aliphatic heterocycles. The highest BCUT2D eigenvalue weighted by Gasteiger charge is 2.15. The molecule has 1 aromatic rings. The highest BCUT2D eigenvalue weighted by atomic mass is 35.5. The van der Waals surface area contributed by atoms with Crippen LogP contribution >= 0.6 is 22.9 Å². The van der Waals surface area contributed by atoms with Crippen LogP contribution in [0.3, 0.4) is 0 Å². The second-order valence-corrected chi connectivity index (χ2v) is 7.21. The van der Waals surface area contributed by atoms with E-state index in [-0.39, 0.29) is 0 Å². The molecule has 1 atom stereocenters. The second-order valence-electron chi connectivity index (χ2n) is 5.41. The summed E-state index contributed by atoms with van der Waals surface area (Å²) in [5.74, 6) is 0. The summed E-state index contributed by atoms with van der Waals surface area (Å²) < 4.78 is 6.59. The van der Waals surface area contributed by atoms with Crippen molar-refractivity contribution >= 4 is 22.9 Å². The minimum Gasteiger partial charge on any atom is -0.389 e. The fraction of sp³-hybridized carbons (Fsp3) is 0.733. The van der Waals surface area contributed by atoms with E-state index < -0.39 is 6.10 Å². The van der Waals surface area contributed by atoms with Gasteiger partial charge in [-0.15, -0.1) is 11.3 Å². The summed E-state index contributed by atoms with van der Waals surface area (Å²) in [5, 5.41) is 13.1. The zero-order chi connectivity index (χ0) is 14.2. The lowest BCUT2D eigenvalue weighted by Gasteiger charge is -2.23. The van der Waals surface area contributed by atoms with Gasteiger partial charge in [-0.05, 0) is 31.4 Å². The Morgan fingerprint density at radius 2 is 2.15 bits per heavy atom. The molecule has 1 fully saturated rings. The number of nitrogens with one attached hydrogen (secondary N) is 1. The fourth-order valence-electron chi connectivity index (χ4n) is 2.50. The van der Waals surface area contributed by atoms with Gasteiger partial charge in [0.1, 0.15) is 0 Å². The van der Waals surface area contributed by atoms with Gasteiger partial charge in [-0.1, -0.05) is 30.9 Å². The Kier molecular flexibility index (Phi) is 7.31. The van der Waals surface area contributed by atoms with E-state index in [0.717, 1.165) is 30.1 Å². The molecule has 5 heteroatoms. The Morgan fingerprint density at radius 3 is 2.85 bits per heavy atom. The lowest BCUT2D eigenvalue weighted by atomic mass is 9.98. The van der Waals surface area contributed by atoms with Gasteiger partial charge in [0.25, 0.3) is 0 Å². The summed E-state index contributed by atoms with van der Waals surface area (Å²) in [6.45, 7) is 1.89. The molecule has 1 aliphatic rings. The third kappa shape index (κ3) is 6.10. The molecule has 0 spiro atoms. The highest BCUT2D eigenvalue weighted by Crippen LogP contribution is 2.21. The van der Waals surface area contributed by atoms with Crippen LogP contribution in [0.15, 0.2) is 12.1 Å². The Hall–Kier alpha value is -0.130. The molecule has 2 rings (SSSR count). The molecule has 20 heavy (non-hydrogen) atoms. The monoisotopic (exact) mass is 317 g/mol. The minimum absolute atomic E-state index is 0.367. The topological polar surface area (TPSA) is 41.5 Å². The maximum absolute atomic E-state index is 9.88. The van der Waals surface area contributed by atoms with Crippen LogP contribution in [0.1, 0.15) is 37.0 Å². The van der Waals surface area contributed by atoms with Crippen LogP contribution < -0.4 is 5.32 Å². The SMILES string of the molecule is OC(CNCCc1ccc(Cl)s1)COC1CCCCC1. The smallest absolute Gasteiger partial charge is 0.0931 e. The number of aliphatic hydroxyl groups excluding tert-OH is 1. The standard InChI is InChI=1S/C15H24ClNO2S/c16-15-7-6-14(20-15)8-9-17-10-12(18)11-19-13-4-2-1-3-5-13/h6-7,12-13,17-18H,1-5,8-11H2. The van der Waals surface area contributed by atoms with Crippen LogP contribution in [-0.4, -0.2) is 37.0 Å². The van der Waals surface area contributed by atoms with E-state index in [1.807, 2.05) is 6.07 Å². The summed E-state index contributed by atoms with van der Waals surface area (Å²) in [4.78, 5) is 1.27. The van der Waals surface area contributed by atoms with Crippen molar-refractivity contribution < 1.29 is 9.84 Å². The van der Waals surface area contributed by atoms with E-state index in [4.69, 9.17) is 16.3 Å². The molecular formula is C15H24ClNO2S. The lowest BCUT2D eigenvalue weighted by molar-refractivity contribution is -0.0228. The van der Waals surface area contributed by atoms with Gasteiger partial charge in [0.15, 0.2) is 0 Å². The summed E-state index contributed by atoms with van der Waals surface area (Å²) >= 11 is 7.49. The average molecular weight is 318 g/mol. The van der Waals surface area contributed by atoms with Crippen LogP contribution in [0.5, 0.6) is 0 Å². The molecule has 1 unspecified atom stereocenters. The number of rotatable bonds is 8. The number of hydrogen-bond donors (Lipinski definition) is 2. The Bertz CT molecular complexity index is 380. The average Bonchev–Trinajstić information content (AvgIpc) is 2.88. The molecule has 1 aromatic heterocycles. The number of hydrogen-bond acceptors (Lipinski definition) is 4. The predicted molar refractivity (Wildman–Crippen MR) is 84.7 cm³/mol. The maximum Gasteiger partial charge on any atom is 0.0931 e. The Morgan fingerprint density at radius 1 is 1.35 bits per heavy atom. The van der Waals surface area contributed by atoms with E-state index >= 15 is 0 Å². The molecule has 0 saturated heterocycles. The molecule has 1 saturated carbocycles. The molecule has 0 radical (unpaired) electrons. The Labute approximate surface area is 130 Å². The molecule has 3 nitrogen and oxygen atoms in total. The first-order chi connectivity index (χ1) is 9.74. The molecule has 0 bridgehead atoms. The number of aliphatic hydroxyl groups is 1. The van der Waals surface area contributed by atoms with Crippen LogP contribution in [0.4, 0.5) is 0 Å². The van der Waals surface area contributed by atoms with Crippen molar-refractivity contribution in [2.75, 3.05) is 19.7 Å². The van der Waals surface area contributed by atoms with Crippen molar-refractivity contribution in [1.82, 2.24) is 5.32 Å². The molecule has 2 N–H and O–H groups in total. The summed E-state index contributed by atoms with van der Waals surface area (Å²) in [6.07, 6.45) is 7.07. The summed E-state index contributed by atoms with van der Waals surface area (Å²) in [7, 11) is 0. The van der Waals surface area contributed by atoms with E-state index in [0.29, 0.717) is 19.3 Å². The first kappa shape index (κ1) is 16.2. The van der Waals surface area contributed by atoms with E-state index in [1.165, 1.54) is 24.1 Å². The highest BCUT2D eigenvalue weighted by molar-refractivity contribution is 7.16. The van der Waals surface area contributed by atoms with Crippen LogP contribution in [0.2, 0.25) is 4.34 Å². The summed E-state index contributed by atoms with van der Waals surface area (Å²) in [6, 6.07) is 3.98. The normalized spacial score (nSPS) is 18.3. The van der Waals surface area contributed by atoms with Gasteiger partial charge in [-0.25, -0.2) is 0 Å². The van der Waals surface area contributed by atoms with Gasteiger partial charge in [0.2, 0.25) is 0 Å². The largest absolute Gasteiger partial charge is 0.389 e. The van der Waals surface area contributed by atoms with E-state index in [1.54, 1.807) is 11.3 Å². The number of ether oxygens (including phenoxy) is 1. The third-order valence-electron chi connectivity index (χ3n) is 3.63. The van der Waals surface area contributed by atoms with Gasteiger partial charge in [0, 0.05) is 18.0 Å². The molecule has 1 aliphatic carbocycles. The third-order valence-corrected chi connectivity index (χ3v) is 4.92. The van der Waals surface area contributed by atoms with Crippen LogP contribution in [0.25, 0.3) is 0 Å². The molecule has 1 heterocycles. The zero-order valence-corrected chi connectivity index (χ0v) is 13.4. The van der Waals surface area contributed by atoms with Crippen molar-refractivity contribution in [1.29, 1.82) is 0 Å². The van der Waals surface area contributed by atoms with Gasteiger partial charge in [0.05, 0.1) is 23.2 Å². The first-order valence-corrected chi connectivity index (χ1v) is 8.68. The minimum atomic E-state index is -0.413.